The molecule has 1 aromatic carbocycles. The summed E-state index contributed by atoms with van der Waals surface area (Å²) < 4.78 is 1.01. The second kappa shape index (κ2) is 5.65. The van der Waals surface area contributed by atoms with E-state index in [2.05, 4.69) is 28.2 Å². The molecule has 0 radical (unpaired) electrons. The molecule has 3 nitrogen and oxygen atoms in total. The minimum Gasteiger partial charge on any atom is -0.316 e. The van der Waals surface area contributed by atoms with Crippen LogP contribution in [0, 0.1) is 5.92 Å². The van der Waals surface area contributed by atoms with E-state index < -0.39 is 0 Å². The summed E-state index contributed by atoms with van der Waals surface area (Å²) in [5.41, 5.74) is 0.984. The maximum atomic E-state index is 12.1. The first kappa shape index (κ1) is 12.6. The zero-order chi connectivity index (χ0) is 12.3. The van der Waals surface area contributed by atoms with E-state index in [1.54, 1.807) is 0 Å². The molecule has 1 amide bonds. The van der Waals surface area contributed by atoms with Crippen LogP contribution in [0.5, 0.6) is 0 Å². The number of rotatable bonds is 1. The predicted octanol–water partition coefficient (Wildman–Crippen LogP) is 2.41. The van der Waals surface area contributed by atoms with E-state index in [0.29, 0.717) is 12.3 Å². The summed E-state index contributed by atoms with van der Waals surface area (Å²) in [6.07, 6.45) is 0.569. The van der Waals surface area contributed by atoms with Crippen molar-refractivity contribution in [1.29, 1.82) is 0 Å². The number of anilines is 1. The molecule has 1 aliphatic heterocycles. The van der Waals surface area contributed by atoms with Crippen LogP contribution in [0.1, 0.15) is 13.3 Å². The van der Waals surface area contributed by atoms with Crippen LogP contribution in [0.2, 0.25) is 0 Å². The van der Waals surface area contributed by atoms with Crippen molar-refractivity contribution in [1.82, 2.24) is 5.32 Å². The molecule has 17 heavy (non-hydrogen) atoms. The Morgan fingerprint density at radius 3 is 3.06 bits per heavy atom. The van der Waals surface area contributed by atoms with Gasteiger partial charge in [0.2, 0.25) is 5.91 Å². The van der Waals surface area contributed by atoms with Gasteiger partial charge in [0.05, 0.1) is 0 Å². The van der Waals surface area contributed by atoms with Crippen LogP contribution in [-0.2, 0) is 4.79 Å². The van der Waals surface area contributed by atoms with Crippen molar-refractivity contribution in [3.05, 3.63) is 28.7 Å². The van der Waals surface area contributed by atoms with E-state index in [0.717, 1.165) is 29.8 Å². The minimum absolute atomic E-state index is 0.196. The van der Waals surface area contributed by atoms with Gasteiger partial charge in [-0.2, -0.15) is 0 Å². The molecule has 2 rings (SSSR count). The lowest BCUT2D eigenvalue weighted by molar-refractivity contribution is -0.118. The van der Waals surface area contributed by atoms with Crippen molar-refractivity contribution >= 4 is 27.5 Å². The number of nitrogens with one attached hydrogen (secondary N) is 1. The molecule has 1 aliphatic rings. The van der Waals surface area contributed by atoms with Gasteiger partial charge in [0, 0.05) is 29.7 Å². The summed E-state index contributed by atoms with van der Waals surface area (Å²) in [5, 5.41) is 3.29. The summed E-state index contributed by atoms with van der Waals surface area (Å²) >= 11 is 3.45. The largest absolute Gasteiger partial charge is 0.316 e. The van der Waals surface area contributed by atoms with Crippen LogP contribution in [0.4, 0.5) is 5.69 Å². The van der Waals surface area contributed by atoms with Gasteiger partial charge in [-0.25, -0.2) is 0 Å². The van der Waals surface area contributed by atoms with Crippen LogP contribution >= 0.6 is 15.9 Å². The quantitative estimate of drug-likeness (QED) is 0.863. The number of hydrogen-bond donors (Lipinski definition) is 1. The van der Waals surface area contributed by atoms with E-state index in [4.69, 9.17) is 0 Å². The Morgan fingerprint density at radius 1 is 1.47 bits per heavy atom. The SMILES string of the molecule is CC1CNCCC(=O)N(c2cccc(Br)c2)C1. The summed E-state index contributed by atoms with van der Waals surface area (Å²) in [6.45, 7) is 4.68. The van der Waals surface area contributed by atoms with Gasteiger partial charge in [-0.15, -0.1) is 0 Å². The highest BCUT2D eigenvalue weighted by molar-refractivity contribution is 9.10. The van der Waals surface area contributed by atoms with Crippen molar-refractivity contribution in [3.8, 4) is 0 Å². The summed E-state index contributed by atoms with van der Waals surface area (Å²) in [6, 6.07) is 7.93. The number of amides is 1. The van der Waals surface area contributed by atoms with Crippen molar-refractivity contribution in [3.63, 3.8) is 0 Å². The van der Waals surface area contributed by atoms with Gasteiger partial charge in [0.1, 0.15) is 0 Å². The van der Waals surface area contributed by atoms with E-state index in [1.807, 2.05) is 29.2 Å². The lowest BCUT2D eigenvalue weighted by Crippen LogP contribution is -2.42. The second-order valence-electron chi connectivity index (χ2n) is 4.54. The molecule has 4 heteroatoms. The minimum atomic E-state index is 0.196. The molecule has 1 aromatic rings. The molecule has 92 valence electrons. The Labute approximate surface area is 110 Å². The molecule has 0 aromatic heterocycles. The average molecular weight is 297 g/mol. The third-order valence-electron chi connectivity index (χ3n) is 2.92. The van der Waals surface area contributed by atoms with Crippen molar-refractivity contribution in [2.24, 2.45) is 5.92 Å². The molecule has 0 bridgehead atoms. The Kier molecular flexibility index (Phi) is 4.18. The fourth-order valence-corrected chi connectivity index (χ4v) is 2.44. The van der Waals surface area contributed by atoms with Crippen molar-refractivity contribution < 1.29 is 4.79 Å². The fraction of sp³-hybridized carbons (Fsp3) is 0.462. The summed E-state index contributed by atoms with van der Waals surface area (Å²) in [7, 11) is 0. The topological polar surface area (TPSA) is 32.3 Å². The summed E-state index contributed by atoms with van der Waals surface area (Å²) in [5.74, 6) is 0.667. The van der Waals surface area contributed by atoms with E-state index in [1.165, 1.54) is 0 Å². The molecular formula is C13H17BrN2O. The number of hydrogen-bond acceptors (Lipinski definition) is 2. The molecule has 1 unspecified atom stereocenters. The van der Waals surface area contributed by atoms with Crippen LogP contribution in [0.3, 0.4) is 0 Å². The van der Waals surface area contributed by atoms with Gasteiger partial charge in [0.25, 0.3) is 0 Å². The third kappa shape index (κ3) is 3.30. The number of nitrogens with zero attached hydrogens (tertiary/aromatic N) is 1. The van der Waals surface area contributed by atoms with Crippen molar-refractivity contribution in [2.45, 2.75) is 13.3 Å². The number of benzene rings is 1. The molecule has 0 aliphatic carbocycles. The Balaban J connectivity index is 2.23. The molecule has 1 N–H and O–H groups in total. The van der Waals surface area contributed by atoms with Gasteiger partial charge in [-0.05, 0) is 30.7 Å². The molecule has 1 heterocycles. The molecule has 0 spiro atoms. The zero-order valence-corrected chi connectivity index (χ0v) is 11.5. The Bertz CT molecular complexity index is 408. The highest BCUT2D eigenvalue weighted by Crippen LogP contribution is 2.22. The molecule has 1 fully saturated rings. The lowest BCUT2D eigenvalue weighted by Gasteiger charge is -2.29. The Hall–Kier alpha value is -0.870. The van der Waals surface area contributed by atoms with Gasteiger partial charge >= 0.3 is 0 Å². The van der Waals surface area contributed by atoms with Gasteiger partial charge in [0.15, 0.2) is 0 Å². The number of carbonyl (C=O) groups excluding carboxylic acids is 1. The van der Waals surface area contributed by atoms with Crippen LogP contribution < -0.4 is 10.2 Å². The van der Waals surface area contributed by atoms with Gasteiger partial charge in [-0.1, -0.05) is 28.9 Å². The second-order valence-corrected chi connectivity index (χ2v) is 5.46. The smallest absolute Gasteiger partial charge is 0.228 e. The lowest BCUT2D eigenvalue weighted by atomic mass is 10.1. The van der Waals surface area contributed by atoms with E-state index in [-0.39, 0.29) is 5.91 Å². The van der Waals surface area contributed by atoms with Gasteiger partial charge in [-0.3, -0.25) is 4.79 Å². The monoisotopic (exact) mass is 296 g/mol. The maximum Gasteiger partial charge on any atom is 0.228 e. The predicted molar refractivity (Wildman–Crippen MR) is 73.1 cm³/mol. The number of carbonyl (C=O) groups is 1. The summed E-state index contributed by atoms with van der Waals surface area (Å²) in [4.78, 5) is 14.0. The molecular weight excluding hydrogens is 280 g/mol. The first-order valence-electron chi connectivity index (χ1n) is 5.93. The van der Waals surface area contributed by atoms with Gasteiger partial charge < -0.3 is 10.2 Å². The first-order valence-corrected chi connectivity index (χ1v) is 6.73. The van der Waals surface area contributed by atoms with Crippen LogP contribution in [-0.4, -0.2) is 25.5 Å². The average Bonchev–Trinajstić information content (AvgIpc) is 2.29. The number of halogens is 1. The standard InChI is InChI=1S/C13H17BrN2O/c1-10-8-15-6-5-13(17)16(9-10)12-4-2-3-11(14)7-12/h2-4,7,10,15H,5-6,8-9H2,1H3. The van der Waals surface area contributed by atoms with Crippen LogP contribution in [0.15, 0.2) is 28.7 Å². The van der Waals surface area contributed by atoms with E-state index in [9.17, 15) is 4.79 Å². The maximum absolute atomic E-state index is 12.1. The highest BCUT2D eigenvalue weighted by Gasteiger charge is 2.20. The zero-order valence-electron chi connectivity index (χ0n) is 9.95. The van der Waals surface area contributed by atoms with E-state index >= 15 is 0 Å². The molecule has 0 saturated carbocycles. The third-order valence-corrected chi connectivity index (χ3v) is 3.42. The highest BCUT2D eigenvalue weighted by atomic mass is 79.9. The van der Waals surface area contributed by atoms with Crippen LogP contribution in [0.25, 0.3) is 0 Å². The molecule has 1 saturated heterocycles. The fourth-order valence-electron chi connectivity index (χ4n) is 2.05. The van der Waals surface area contributed by atoms with Crippen molar-refractivity contribution in [2.75, 3.05) is 24.5 Å². The Morgan fingerprint density at radius 2 is 2.29 bits per heavy atom. The first-order chi connectivity index (χ1) is 8.16. The normalized spacial score (nSPS) is 22.1. The molecule has 1 atom stereocenters.